The molecule has 3 aromatic rings. The molecule has 2 aliphatic heterocycles. The SMILES string of the molecule is CCN1CCN(C(=O)CN(c2cccc(F)c2)S(C)(=O)=O)CCC(=O)NCC2CCCN(C2)c2nc3cc(OC)c(OC)c(OC)c3cc2C1. The number of benzene rings is 2. The topological polar surface area (TPSA) is 134 Å². The number of halogens is 1. The number of sulfonamides is 1. The van der Waals surface area contributed by atoms with E-state index in [1.54, 1.807) is 21.3 Å². The fourth-order valence-corrected chi connectivity index (χ4v) is 7.53. The lowest BCUT2D eigenvalue weighted by atomic mass is 9.97. The molecule has 2 amide bonds. The van der Waals surface area contributed by atoms with E-state index in [0.717, 1.165) is 52.8 Å². The number of rotatable bonds is 8. The highest BCUT2D eigenvalue weighted by Gasteiger charge is 2.29. The number of hydrogen-bond acceptors (Lipinski definition) is 10. The lowest BCUT2D eigenvalue weighted by Crippen LogP contribution is -2.46. The van der Waals surface area contributed by atoms with Gasteiger partial charge in [-0.25, -0.2) is 17.8 Å². The van der Waals surface area contributed by atoms with Crippen molar-refractivity contribution in [2.75, 3.05) is 89.1 Å². The summed E-state index contributed by atoms with van der Waals surface area (Å²) in [5, 5.41) is 3.82. The highest BCUT2D eigenvalue weighted by atomic mass is 32.2. The summed E-state index contributed by atoms with van der Waals surface area (Å²) in [5.74, 6) is 1.22. The molecule has 50 heavy (non-hydrogen) atoms. The molecule has 3 heterocycles. The van der Waals surface area contributed by atoms with Gasteiger partial charge in [0.2, 0.25) is 27.6 Å². The summed E-state index contributed by atoms with van der Waals surface area (Å²) < 4.78 is 57.6. The number of carbonyl (C=O) groups is 2. The second kappa shape index (κ2) is 16.1. The Morgan fingerprint density at radius 2 is 1.84 bits per heavy atom. The average Bonchev–Trinajstić information content (AvgIpc) is 3.10. The maximum atomic E-state index is 14.1. The van der Waals surface area contributed by atoms with Crippen molar-refractivity contribution in [3.63, 3.8) is 0 Å². The van der Waals surface area contributed by atoms with Crippen LogP contribution >= 0.6 is 0 Å². The molecular formula is C35H47FN6O7S. The number of nitrogens with one attached hydrogen (secondary N) is 1. The number of piperidine rings is 1. The van der Waals surface area contributed by atoms with Crippen LogP contribution in [0.25, 0.3) is 10.9 Å². The van der Waals surface area contributed by atoms with Crippen molar-refractivity contribution in [1.29, 1.82) is 0 Å². The Balaban J connectivity index is 1.51. The van der Waals surface area contributed by atoms with Gasteiger partial charge in [-0.1, -0.05) is 13.0 Å². The smallest absolute Gasteiger partial charge is 0.243 e. The van der Waals surface area contributed by atoms with E-state index in [1.807, 2.05) is 13.0 Å². The van der Waals surface area contributed by atoms with Crippen LogP contribution in [0.4, 0.5) is 15.9 Å². The Labute approximate surface area is 293 Å². The van der Waals surface area contributed by atoms with Crippen LogP contribution in [0.1, 0.15) is 31.7 Å². The van der Waals surface area contributed by atoms with Crippen LogP contribution in [0.5, 0.6) is 17.2 Å². The largest absolute Gasteiger partial charge is 0.493 e. The number of amides is 2. The molecule has 1 saturated heterocycles. The van der Waals surface area contributed by atoms with E-state index >= 15 is 0 Å². The molecule has 2 bridgehead atoms. The molecule has 2 aromatic carbocycles. The van der Waals surface area contributed by atoms with Crippen LogP contribution in [-0.2, 0) is 26.2 Å². The molecule has 0 saturated carbocycles. The Morgan fingerprint density at radius 3 is 2.52 bits per heavy atom. The van der Waals surface area contributed by atoms with Crippen LogP contribution in [0.3, 0.4) is 0 Å². The maximum absolute atomic E-state index is 14.1. The molecular weight excluding hydrogens is 667 g/mol. The molecule has 0 radical (unpaired) electrons. The van der Waals surface area contributed by atoms with Crippen LogP contribution in [0.15, 0.2) is 36.4 Å². The molecule has 1 unspecified atom stereocenters. The van der Waals surface area contributed by atoms with Crippen LogP contribution in [-0.4, -0.2) is 115 Å². The number of anilines is 2. The van der Waals surface area contributed by atoms with Crippen molar-refractivity contribution >= 4 is 44.2 Å². The van der Waals surface area contributed by atoms with Gasteiger partial charge in [0, 0.05) is 69.3 Å². The van der Waals surface area contributed by atoms with Crippen LogP contribution < -0.4 is 28.7 Å². The Morgan fingerprint density at radius 1 is 1.06 bits per heavy atom. The molecule has 1 fully saturated rings. The molecule has 0 aliphatic carbocycles. The predicted octanol–water partition coefficient (Wildman–Crippen LogP) is 3.25. The predicted molar refractivity (Wildman–Crippen MR) is 190 cm³/mol. The van der Waals surface area contributed by atoms with E-state index in [4.69, 9.17) is 19.2 Å². The highest BCUT2D eigenvalue weighted by molar-refractivity contribution is 7.92. The van der Waals surface area contributed by atoms with Crippen molar-refractivity contribution < 1.29 is 36.6 Å². The van der Waals surface area contributed by atoms with Crippen molar-refractivity contribution in [1.82, 2.24) is 20.1 Å². The van der Waals surface area contributed by atoms with E-state index in [9.17, 15) is 22.4 Å². The van der Waals surface area contributed by atoms with Crippen molar-refractivity contribution in [2.24, 2.45) is 5.92 Å². The summed E-state index contributed by atoms with van der Waals surface area (Å²) >= 11 is 0. The number of ether oxygens (including phenoxy) is 3. The van der Waals surface area contributed by atoms with Gasteiger partial charge in [0.1, 0.15) is 18.2 Å². The first-order valence-electron chi connectivity index (χ1n) is 16.8. The van der Waals surface area contributed by atoms with Gasteiger partial charge in [0.05, 0.1) is 38.8 Å². The minimum absolute atomic E-state index is 0.0502. The van der Waals surface area contributed by atoms with Gasteiger partial charge in [-0.2, -0.15) is 0 Å². The molecule has 0 spiro atoms. The van der Waals surface area contributed by atoms with Gasteiger partial charge in [-0.05, 0) is 49.6 Å². The average molecular weight is 715 g/mol. The molecule has 5 rings (SSSR count). The quantitative estimate of drug-likeness (QED) is 0.371. The summed E-state index contributed by atoms with van der Waals surface area (Å²) in [6.45, 7) is 5.43. The highest BCUT2D eigenvalue weighted by Crippen LogP contribution is 2.44. The maximum Gasteiger partial charge on any atom is 0.243 e. The van der Waals surface area contributed by atoms with E-state index in [2.05, 4.69) is 21.2 Å². The zero-order valence-electron chi connectivity index (χ0n) is 29.4. The summed E-state index contributed by atoms with van der Waals surface area (Å²) in [5.41, 5.74) is 1.71. The second-order valence-corrected chi connectivity index (χ2v) is 14.6. The van der Waals surface area contributed by atoms with Gasteiger partial charge >= 0.3 is 0 Å². The summed E-state index contributed by atoms with van der Waals surface area (Å²) in [6.07, 6.45) is 2.93. The number of fused-ring (bicyclic) bond motifs is 5. The van der Waals surface area contributed by atoms with Gasteiger partial charge in [0.25, 0.3) is 0 Å². The summed E-state index contributed by atoms with van der Waals surface area (Å²) in [7, 11) is 0.784. The Hall–Kier alpha value is -4.37. The zero-order valence-corrected chi connectivity index (χ0v) is 30.2. The van der Waals surface area contributed by atoms with Gasteiger partial charge in [-0.3, -0.25) is 18.8 Å². The number of pyridine rings is 1. The number of aromatic nitrogens is 1. The lowest BCUT2D eigenvalue weighted by molar-refractivity contribution is -0.130. The summed E-state index contributed by atoms with van der Waals surface area (Å²) in [6, 6.07) is 9.05. The van der Waals surface area contributed by atoms with Crippen molar-refractivity contribution in [3.05, 3.63) is 47.8 Å². The molecule has 272 valence electrons. The lowest BCUT2D eigenvalue weighted by Gasteiger charge is -2.35. The van der Waals surface area contributed by atoms with Gasteiger partial charge < -0.3 is 29.3 Å². The van der Waals surface area contributed by atoms with Gasteiger partial charge in [0.15, 0.2) is 11.5 Å². The first kappa shape index (κ1) is 36.9. The normalized spacial score (nSPS) is 18.0. The van der Waals surface area contributed by atoms with Crippen LogP contribution in [0.2, 0.25) is 0 Å². The minimum atomic E-state index is -3.93. The third-order valence-electron chi connectivity index (χ3n) is 9.35. The van der Waals surface area contributed by atoms with E-state index in [0.29, 0.717) is 55.5 Å². The molecule has 1 N–H and O–H groups in total. The standard InChI is InChI=1S/C35H47FN6O7S/c1-6-39-15-16-40(32(44)23-42(50(5,45)46)27-11-7-10-26(36)18-27)14-12-31(43)37-20-24-9-8-13-41(21-24)35-25(22-39)17-28-29(38-35)19-30(47-2)34(49-4)33(28)48-3/h7,10-11,17-19,24H,6,8-9,12-16,20-23H2,1-5H3,(H,37,43). The second-order valence-electron chi connectivity index (χ2n) is 12.7. The van der Waals surface area contributed by atoms with Crippen LogP contribution in [0, 0.1) is 11.7 Å². The Bertz CT molecular complexity index is 1810. The molecule has 2 aliphatic rings. The minimum Gasteiger partial charge on any atom is -0.493 e. The van der Waals surface area contributed by atoms with E-state index < -0.39 is 28.3 Å². The third-order valence-corrected chi connectivity index (χ3v) is 10.5. The van der Waals surface area contributed by atoms with E-state index in [1.165, 1.54) is 23.1 Å². The van der Waals surface area contributed by atoms with E-state index in [-0.39, 0.29) is 37.0 Å². The number of likely N-dealkylation sites (N-methyl/N-ethyl adjacent to an activating group) is 1. The Kier molecular flexibility index (Phi) is 11.9. The number of hydrogen-bond donors (Lipinski definition) is 1. The first-order valence-corrected chi connectivity index (χ1v) is 18.7. The number of nitrogens with zero attached hydrogens (tertiary/aromatic N) is 5. The molecule has 1 aromatic heterocycles. The number of methoxy groups -OCH3 is 3. The number of carbonyl (C=O) groups excluding carboxylic acids is 2. The molecule has 15 heteroatoms. The first-order chi connectivity index (χ1) is 23.9. The fraction of sp³-hybridized carbons (Fsp3) is 0.514. The fourth-order valence-electron chi connectivity index (χ4n) is 6.69. The zero-order chi connectivity index (χ0) is 36.0. The summed E-state index contributed by atoms with van der Waals surface area (Å²) in [4.78, 5) is 38.0. The third kappa shape index (κ3) is 8.49. The molecule has 13 nitrogen and oxygen atoms in total. The van der Waals surface area contributed by atoms with Crippen molar-refractivity contribution in [2.45, 2.75) is 32.7 Å². The van der Waals surface area contributed by atoms with Gasteiger partial charge in [-0.15, -0.1) is 0 Å². The van der Waals surface area contributed by atoms with Crippen molar-refractivity contribution in [3.8, 4) is 17.2 Å². The molecule has 1 atom stereocenters. The monoisotopic (exact) mass is 714 g/mol.